The van der Waals surface area contributed by atoms with Crippen LogP contribution in [0, 0.1) is 37.1 Å². The number of hydrogen-bond donors (Lipinski definition) is 1. The van der Waals surface area contributed by atoms with Gasteiger partial charge in [-0.25, -0.2) is 17.6 Å². The number of nitrogens with one attached hydrogen (secondary N) is 1. The Hall–Kier alpha value is -2.88. The number of benzene rings is 1. The number of hydrogen-bond acceptors (Lipinski definition) is 3. The minimum absolute atomic E-state index is 0.100. The van der Waals surface area contributed by atoms with Gasteiger partial charge in [-0.3, -0.25) is 14.2 Å². The largest absolute Gasteiger partial charge is 0.322 e. The Bertz CT molecular complexity index is 1060. The Morgan fingerprint density at radius 2 is 1.89 bits per heavy atom. The molecule has 148 valence electrons. The van der Waals surface area contributed by atoms with E-state index in [-0.39, 0.29) is 18.3 Å². The first-order valence-corrected chi connectivity index (χ1v) is 8.38. The van der Waals surface area contributed by atoms with Gasteiger partial charge in [-0.1, -0.05) is 11.6 Å². The Balaban J connectivity index is 1.70. The number of aromatic nitrogens is 4. The van der Waals surface area contributed by atoms with Gasteiger partial charge in [0.15, 0.2) is 17.5 Å². The van der Waals surface area contributed by atoms with E-state index in [4.69, 9.17) is 11.6 Å². The van der Waals surface area contributed by atoms with E-state index in [2.05, 4.69) is 15.5 Å². The van der Waals surface area contributed by atoms with E-state index < -0.39 is 41.3 Å². The molecule has 0 saturated heterocycles. The molecular formula is C17H14ClF4N5O. The molecule has 1 amide bonds. The first-order chi connectivity index (χ1) is 13.2. The summed E-state index contributed by atoms with van der Waals surface area (Å²) < 4.78 is 56.3. The summed E-state index contributed by atoms with van der Waals surface area (Å²) >= 11 is 6.03. The number of carbonyl (C=O) groups is 1. The predicted octanol–water partition coefficient (Wildman–Crippen LogP) is 3.59. The Morgan fingerprint density at radius 3 is 2.54 bits per heavy atom. The monoisotopic (exact) mass is 415 g/mol. The van der Waals surface area contributed by atoms with Crippen LogP contribution in [0.25, 0.3) is 0 Å². The average Bonchev–Trinajstić information content (AvgIpc) is 3.17. The van der Waals surface area contributed by atoms with Crippen LogP contribution in [-0.2, 0) is 17.9 Å². The van der Waals surface area contributed by atoms with Crippen molar-refractivity contribution in [2.45, 2.75) is 26.9 Å². The zero-order valence-corrected chi connectivity index (χ0v) is 15.5. The maximum atomic E-state index is 13.8. The van der Waals surface area contributed by atoms with E-state index in [1.165, 1.54) is 17.1 Å². The Labute approximate surface area is 161 Å². The van der Waals surface area contributed by atoms with Gasteiger partial charge in [-0.15, -0.1) is 0 Å². The Kier molecular flexibility index (Phi) is 5.41. The van der Waals surface area contributed by atoms with Gasteiger partial charge < -0.3 is 5.32 Å². The number of nitrogens with zero attached hydrogens (tertiary/aromatic N) is 4. The predicted molar refractivity (Wildman–Crippen MR) is 92.9 cm³/mol. The first kappa shape index (κ1) is 19.9. The third-order valence-corrected chi connectivity index (χ3v) is 4.58. The van der Waals surface area contributed by atoms with Crippen LogP contribution < -0.4 is 5.32 Å². The molecule has 0 aliphatic heterocycles. The molecule has 0 unspecified atom stereocenters. The van der Waals surface area contributed by atoms with Gasteiger partial charge in [0.05, 0.1) is 34.8 Å². The van der Waals surface area contributed by atoms with Crippen molar-refractivity contribution < 1.29 is 22.4 Å². The second-order valence-corrected chi connectivity index (χ2v) is 6.44. The molecule has 1 aromatic carbocycles. The van der Waals surface area contributed by atoms with Crippen LogP contribution in [0.1, 0.15) is 17.0 Å². The lowest BCUT2D eigenvalue weighted by Gasteiger charge is -2.07. The second kappa shape index (κ2) is 7.63. The standard InChI is InChI=1S/C17H14ClF4N5O/c1-8-15(18)9(2)27(25-8)7-14(28)24-10-4-23-26(5-10)6-11-12(19)3-13(20)17(22)16(11)21/h3-5H,6-7H2,1-2H3,(H,24,28). The smallest absolute Gasteiger partial charge is 0.246 e. The van der Waals surface area contributed by atoms with Gasteiger partial charge in [0.1, 0.15) is 12.4 Å². The maximum absolute atomic E-state index is 13.8. The van der Waals surface area contributed by atoms with Crippen LogP contribution in [0.4, 0.5) is 23.2 Å². The fourth-order valence-corrected chi connectivity index (χ4v) is 2.73. The van der Waals surface area contributed by atoms with Crippen LogP contribution in [0.3, 0.4) is 0 Å². The van der Waals surface area contributed by atoms with Crippen LogP contribution in [0.2, 0.25) is 5.02 Å². The van der Waals surface area contributed by atoms with Gasteiger partial charge in [0, 0.05) is 17.8 Å². The molecule has 2 heterocycles. The van der Waals surface area contributed by atoms with Crippen LogP contribution in [0.5, 0.6) is 0 Å². The fourth-order valence-electron chi connectivity index (χ4n) is 2.59. The summed E-state index contributed by atoms with van der Waals surface area (Å²) in [5.41, 5.74) is 0.794. The molecular weight excluding hydrogens is 402 g/mol. The van der Waals surface area contributed by atoms with Crippen molar-refractivity contribution in [3.05, 3.63) is 63.7 Å². The molecule has 11 heteroatoms. The van der Waals surface area contributed by atoms with Gasteiger partial charge in [0.2, 0.25) is 5.91 Å². The molecule has 2 aromatic heterocycles. The zero-order chi connectivity index (χ0) is 20.6. The molecule has 0 saturated carbocycles. The molecule has 3 aromatic rings. The van der Waals surface area contributed by atoms with E-state index in [0.29, 0.717) is 16.4 Å². The van der Waals surface area contributed by atoms with E-state index >= 15 is 0 Å². The topological polar surface area (TPSA) is 64.7 Å². The van der Waals surface area contributed by atoms with E-state index in [1.54, 1.807) is 13.8 Å². The lowest BCUT2D eigenvalue weighted by molar-refractivity contribution is -0.116. The summed E-state index contributed by atoms with van der Waals surface area (Å²) in [7, 11) is 0. The number of carbonyl (C=O) groups excluding carboxylic acids is 1. The molecule has 6 nitrogen and oxygen atoms in total. The SMILES string of the molecule is Cc1nn(CC(=O)Nc2cnn(Cc3c(F)cc(F)c(F)c3F)c2)c(C)c1Cl. The van der Waals surface area contributed by atoms with E-state index in [9.17, 15) is 22.4 Å². The van der Waals surface area contributed by atoms with Gasteiger partial charge in [0.25, 0.3) is 0 Å². The highest BCUT2D eigenvalue weighted by atomic mass is 35.5. The Morgan fingerprint density at radius 1 is 1.18 bits per heavy atom. The van der Waals surface area contributed by atoms with Crippen molar-refractivity contribution in [2.24, 2.45) is 0 Å². The summed E-state index contributed by atoms with van der Waals surface area (Å²) in [6.45, 7) is 2.84. The van der Waals surface area contributed by atoms with Crippen LogP contribution in [-0.4, -0.2) is 25.5 Å². The fraction of sp³-hybridized carbons (Fsp3) is 0.235. The first-order valence-electron chi connectivity index (χ1n) is 8.01. The third kappa shape index (κ3) is 3.86. The van der Waals surface area contributed by atoms with Crippen LogP contribution >= 0.6 is 11.6 Å². The van der Waals surface area contributed by atoms with Gasteiger partial charge >= 0.3 is 0 Å². The zero-order valence-electron chi connectivity index (χ0n) is 14.7. The highest BCUT2D eigenvalue weighted by Gasteiger charge is 2.20. The maximum Gasteiger partial charge on any atom is 0.246 e. The number of aryl methyl sites for hydroxylation is 1. The summed E-state index contributed by atoms with van der Waals surface area (Å²) in [5, 5.41) is 11.0. The molecule has 3 rings (SSSR count). The van der Waals surface area contributed by atoms with Crippen molar-refractivity contribution in [2.75, 3.05) is 5.32 Å². The highest BCUT2D eigenvalue weighted by Crippen LogP contribution is 2.21. The van der Waals surface area contributed by atoms with E-state index in [0.717, 1.165) is 4.68 Å². The van der Waals surface area contributed by atoms with Crippen molar-refractivity contribution in [1.82, 2.24) is 19.6 Å². The summed E-state index contributed by atoms with van der Waals surface area (Å²) in [5.74, 6) is -6.66. The highest BCUT2D eigenvalue weighted by molar-refractivity contribution is 6.31. The van der Waals surface area contributed by atoms with Crippen molar-refractivity contribution in [3.8, 4) is 0 Å². The van der Waals surface area contributed by atoms with Gasteiger partial charge in [-0.2, -0.15) is 10.2 Å². The molecule has 0 atom stereocenters. The summed E-state index contributed by atoms with van der Waals surface area (Å²) in [6, 6.07) is 0.263. The minimum Gasteiger partial charge on any atom is -0.322 e. The lowest BCUT2D eigenvalue weighted by Crippen LogP contribution is -2.20. The normalized spacial score (nSPS) is 11.1. The number of rotatable bonds is 5. The molecule has 0 fully saturated rings. The molecule has 0 bridgehead atoms. The minimum atomic E-state index is -1.76. The van der Waals surface area contributed by atoms with Gasteiger partial charge in [-0.05, 0) is 13.8 Å². The van der Waals surface area contributed by atoms with Crippen molar-refractivity contribution in [3.63, 3.8) is 0 Å². The molecule has 0 aliphatic rings. The number of anilines is 1. The molecule has 0 spiro atoms. The summed E-state index contributed by atoms with van der Waals surface area (Å²) in [4.78, 5) is 12.1. The third-order valence-electron chi connectivity index (χ3n) is 4.03. The second-order valence-electron chi connectivity index (χ2n) is 6.06. The van der Waals surface area contributed by atoms with Crippen molar-refractivity contribution in [1.29, 1.82) is 0 Å². The number of amides is 1. The lowest BCUT2D eigenvalue weighted by atomic mass is 10.2. The van der Waals surface area contributed by atoms with Crippen molar-refractivity contribution >= 4 is 23.2 Å². The molecule has 0 radical (unpaired) electrons. The molecule has 0 aliphatic carbocycles. The number of halogens is 5. The summed E-state index contributed by atoms with van der Waals surface area (Å²) in [6.07, 6.45) is 2.55. The molecule has 28 heavy (non-hydrogen) atoms. The van der Waals surface area contributed by atoms with Crippen LogP contribution in [0.15, 0.2) is 18.5 Å². The average molecular weight is 416 g/mol. The van der Waals surface area contributed by atoms with E-state index in [1.807, 2.05) is 0 Å². The molecule has 1 N–H and O–H groups in total. The quantitative estimate of drug-likeness (QED) is 0.393.